The van der Waals surface area contributed by atoms with Crippen LogP contribution in [-0.4, -0.2) is 60.3 Å². The molecular weight excluding hydrogens is 295 g/mol. The lowest BCUT2D eigenvalue weighted by Crippen LogP contribution is -2.48. The van der Waals surface area contributed by atoms with E-state index in [1.54, 1.807) is 12.4 Å². The molecule has 0 amide bonds. The van der Waals surface area contributed by atoms with Gasteiger partial charge < -0.3 is 9.64 Å². The molecule has 4 rings (SSSR count). The molecule has 0 bridgehead atoms. The van der Waals surface area contributed by atoms with Crippen molar-refractivity contribution in [3.63, 3.8) is 0 Å². The topological polar surface area (TPSA) is 41.5 Å². The summed E-state index contributed by atoms with van der Waals surface area (Å²) in [5.74, 6) is 0.594. The number of hydrogen-bond donors (Lipinski definition) is 0. The van der Waals surface area contributed by atoms with Crippen molar-refractivity contribution >= 4 is 16.7 Å². The fourth-order valence-corrected chi connectivity index (χ4v) is 3.49. The first kappa shape index (κ1) is 14.8. The van der Waals surface area contributed by atoms with Crippen molar-refractivity contribution in [3.05, 3.63) is 30.3 Å². The third kappa shape index (κ3) is 3.14. The quantitative estimate of drug-likeness (QED) is 0.867. The van der Waals surface area contributed by atoms with Crippen molar-refractivity contribution in [2.75, 3.05) is 44.2 Å². The van der Waals surface area contributed by atoms with Gasteiger partial charge in [0.25, 0.3) is 0 Å². The molecule has 0 saturated carbocycles. The van der Waals surface area contributed by atoms with E-state index in [1.807, 2.05) is 0 Å². The molecule has 1 aromatic carbocycles. The molecule has 3 heterocycles. The van der Waals surface area contributed by atoms with Crippen molar-refractivity contribution in [2.45, 2.75) is 18.9 Å². The van der Waals surface area contributed by atoms with Crippen molar-refractivity contribution in [1.29, 1.82) is 0 Å². The number of rotatable bonds is 3. The fraction of sp³-hybridized carbons (Fsp3) is 0.529. The first-order valence-corrected chi connectivity index (χ1v) is 8.29. The number of benzene rings is 1. The maximum absolute atomic E-state index is 13.6. The summed E-state index contributed by atoms with van der Waals surface area (Å²) in [6, 6.07) is 4.69. The third-order valence-electron chi connectivity index (χ3n) is 4.73. The summed E-state index contributed by atoms with van der Waals surface area (Å²) >= 11 is 0. The summed E-state index contributed by atoms with van der Waals surface area (Å²) < 4.78 is 19.3. The van der Waals surface area contributed by atoms with Crippen LogP contribution in [0.4, 0.5) is 10.2 Å². The molecular formula is C17H21FN4O. The van der Waals surface area contributed by atoms with Crippen LogP contribution in [0, 0.1) is 5.82 Å². The number of nitrogens with zero attached hydrogens (tertiary/aromatic N) is 4. The standard InChI is InChI=1S/C17H21FN4O/c18-13-3-4-16-15(10-13)17(20-12-19-16)22-7-5-21(6-8-22)11-14-2-1-9-23-14/h3-4,10,12,14H,1-2,5-9,11H2/t14-/m1/s1. The van der Waals surface area contributed by atoms with Gasteiger partial charge >= 0.3 is 0 Å². The Kier molecular flexibility index (Phi) is 4.10. The number of ether oxygens (including phenoxy) is 1. The zero-order chi connectivity index (χ0) is 15.6. The van der Waals surface area contributed by atoms with E-state index in [1.165, 1.54) is 25.0 Å². The number of fused-ring (bicyclic) bond motifs is 1. The van der Waals surface area contributed by atoms with Crippen molar-refractivity contribution < 1.29 is 9.13 Å². The van der Waals surface area contributed by atoms with E-state index in [-0.39, 0.29) is 5.82 Å². The Morgan fingerprint density at radius 1 is 1.17 bits per heavy atom. The average Bonchev–Trinajstić information content (AvgIpc) is 3.08. The molecule has 0 unspecified atom stereocenters. The SMILES string of the molecule is Fc1ccc2ncnc(N3CCN(C[C@H]4CCCO4)CC3)c2c1. The monoisotopic (exact) mass is 316 g/mol. The smallest absolute Gasteiger partial charge is 0.140 e. The maximum atomic E-state index is 13.6. The van der Waals surface area contributed by atoms with Gasteiger partial charge in [0.2, 0.25) is 0 Å². The first-order chi connectivity index (χ1) is 11.3. The molecule has 2 fully saturated rings. The summed E-state index contributed by atoms with van der Waals surface area (Å²) in [6.07, 6.45) is 4.32. The number of anilines is 1. The second kappa shape index (κ2) is 6.37. The Morgan fingerprint density at radius 3 is 2.83 bits per heavy atom. The van der Waals surface area contributed by atoms with Crippen LogP contribution in [0.15, 0.2) is 24.5 Å². The van der Waals surface area contributed by atoms with Crippen LogP contribution in [0.25, 0.3) is 10.9 Å². The fourth-order valence-electron chi connectivity index (χ4n) is 3.49. The number of halogens is 1. The molecule has 5 nitrogen and oxygen atoms in total. The Bertz CT molecular complexity index is 681. The van der Waals surface area contributed by atoms with Gasteiger partial charge in [-0.1, -0.05) is 0 Å². The minimum absolute atomic E-state index is 0.245. The summed E-state index contributed by atoms with van der Waals surface area (Å²) in [7, 11) is 0. The molecule has 0 N–H and O–H groups in total. The zero-order valence-corrected chi connectivity index (χ0v) is 13.1. The van der Waals surface area contributed by atoms with Crippen LogP contribution in [0.3, 0.4) is 0 Å². The summed E-state index contributed by atoms with van der Waals surface area (Å²) in [5.41, 5.74) is 0.790. The van der Waals surface area contributed by atoms with Crippen LogP contribution in [0.5, 0.6) is 0 Å². The molecule has 0 spiro atoms. The van der Waals surface area contributed by atoms with Crippen molar-refractivity contribution in [2.24, 2.45) is 0 Å². The molecule has 0 radical (unpaired) electrons. The van der Waals surface area contributed by atoms with Gasteiger partial charge in [-0.2, -0.15) is 0 Å². The molecule has 1 aromatic heterocycles. The molecule has 2 aromatic rings. The molecule has 23 heavy (non-hydrogen) atoms. The van der Waals surface area contributed by atoms with Crippen molar-refractivity contribution in [3.8, 4) is 0 Å². The van der Waals surface area contributed by atoms with E-state index in [2.05, 4.69) is 19.8 Å². The number of aromatic nitrogens is 2. The lowest BCUT2D eigenvalue weighted by Gasteiger charge is -2.36. The second-order valence-corrected chi connectivity index (χ2v) is 6.28. The van der Waals surface area contributed by atoms with E-state index in [9.17, 15) is 4.39 Å². The van der Waals surface area contributed by atoms with E-state index >= 15 is 0 Å². The molecule has 2 aliphatic rings. The van der Waals surface area contributed by atoms with Crippen LogP contribution in [0.2, 0.25) is 0 Å². The van der Waals surface area contributed by atoms with Crippen LogP contribution < -0.4 is 4.90 Å². The number of piperazine rings is 1. The molecule has 1 atom stereocenters. The third-order valence-corrected chi connectivity index (χ3v) is 4.73. The van der Waals surface area contributed by atoms with Crippen molar-refractivity contribution in [1.82, 2.24) is 14.9 Å². The summed E-state index contributed by atoms with van der Waals surface area (Å²) in [6.45, 7) is 5.70. The normalized spacial score (nSPS) is 22.8. The highest BCUT2D eigenvalue weighted by Crippen LogP contribution is 2.25. The second-order valence-electron chi connectivity index (χ2n) is 6.28. The molecule has 122 valence electrons. The largest absolute Gasteiger partial charge is 0.377 e. The minimum Gasteiger partial charge on any atom is -0.377 e. The Morgan fingerprint density at radius 2 is 2.04 bits per heavy atom. The predicted molar refractivity (Wildman–Crippen MR) is 87.1 cm³/mol. The van der Waals surface area contributed by atoms with Crippen LogP contribution in [0.1, 0.15) is 12.8 Å². The van der Waals surface area contributed by atoms with E-state index in [0.717, 1.165) is 56.1 Å². The number of hydrogen-bond acceptors (Lipinski definition) is 5. The maximum Gasteiger partial charge on any atom is 0.140 e. The Balaban J connectivity index is 1.47. The molecule has 0 aliphatic carbocycles. The average molecular weight is 316 g/mol. The van der Waals surface area contributed by atoms with Crippen LogP contribution >= 0.6 is 0 Å². The predicted octanol–water partition coefficient (Wildman–Crippen LogP) is 2.07. The molecule has 2 saturated heterocycles. The molecule has 6 heteroatoms. The van der Waals surface area contributed by atoms with Gasteiger partial charge in [0, 0.05) is 44.7 Å². The van der Waals surface area contributed by atoms with E-state index in [0.29, 0.717) is 6.10 Å². The van der Waals surface area contributed by atoms with Gasteiger partial charge in [-0.15, -0.1) is 0 Å². The van der Waals surface area contributed by atoms with Gasteiger partial charge in [-0.3, -0.25) is 4.90 Å². The van der Waals surface area contributed by atoms with E-state index in [4.69, 9.17) is 4.74 Å². The highest BCUT2D eigenvalue weighted by Gasteiger charge is 2.24. The first-order valence-electron chi connectivity index (χ1n) is 8.29. The van der Waals surface area contributed by atoms with Gasteiger partial charge in [0.15, 0.2) is 0 Å². The Hall–Kier alpha value is -1.79. The summed E-state index contributed by atoms with van der Waals surface area (Å²) in [4.78, 5) is 13.3. The van der Waals surface area contributed by atoms with Gasteiger partial charge in [0.05, 0.1) is 11.6 Å². The van der Waals surface area contributed by atoms with Gasteiger partial charge in [-0.25, -0.2) is 14.4 Å². The summed E-state index contributed by atoms with van der Waals surface area (Å²) in [5, 5.41) is 0.792. The van der Waals surface area contributed by atoms with Gasteiger partial charge in [-0.05, 0) is 31.0 Å². The minimum atomic E-state index is -0.245. The van der Waals surface area contributed by atoms with E-state index < -0.39 is 0 Å². The Labute approximate surface area is 135 Å². The lowest BCUT2D eigenvalue weighted by molar-refractivity contribution is 0.0712. The zero-order valence-electron chi connectivity index (χ0n) is 13.1. The lowest BCUT2D eigenvalue weighted by atomic mass is 10.2. The van der Waals surface area contributed by atoms with Crippen LogP contribution in [-0.2, 0) is 4.74 Å². The van der Waals surface area contributed by atoms with Gasteiger partial charge in [0.1, 0.15) is 18.0 Å². The molecule has 2 aliphatic heterocycles. The highest BCUT2D eigenvalue weighted by molar-refractivity contribution is 5.89. The highest BCUT2D eigenvalue weighted by atomic mass is 19.1.